The molecule has 10 nitrogen and oxygen atoms in total. The van der Waals surface area contributed by atoms with Crippen LogP contribution in [0.25, 0.3) is 0 Å². The second-order valence-corrected chi connectivity index (χ2v) is 5.82. The molecule has 0 unspecified atom stereocenters. The van der Waals surface area contributed by atoms with E-state index < -0.39 is 23.5 Å². The van der Waals surface area contributed by atoms with E-state index in [1.165, 1.54) is 0 Å². The maximum atomic E-state index is 10.4. The summed E-state index contributed by atoms with van der Waals surface area (Å²) in [6, 6.07) is 0. The van der Waals surface area contributed by atoms with Crippen molar-refractivity contribution in [2.75, 3.05) is 0 Å². The van der Waals surface area contributed by atoms with Gasteiger partial charge >= 0.3 is 94.8 Å². The van der Waals surface area contributed by atoms with Gasteiger partial charge in [0.05, 0.1) is 0 Å². The first-order chi connectivity index (χ1) is 5.41. The van der Waals surface area contributed by atoms with Gasteiger partial charge < -0.3 is 27.3 Å². The molecule has 0 aromatic carbocycles. The van der Waals surface area contributed by atoms with Crippen molar-refractivity contribution in [1.29, 1.82) is 0 Å². The fourth-order valence-electron chi connectivity index (χ4n) is 0.284. The second kappa shape index (κ2) is 8.04. The molecule has 0 radical (unpaired) electrons. The minimum atomic E-state index is -5.46. The molecular formula is H10InO10P3Sr. The van der Waals surface area contributed by atoms with E-state index >= 15 is 0 Å². The van der Waals surface area contributed by atoms with Crippen molar-refractivity contribution in [3.63, 3.8) is 0 Å². The van der Waals surface area contributed by atoms with Gasteiger partial charge in [-0.2, -0.15) is 8.62 Å². The summed E-state index contributed by atoms with van der Waals surface area (Å²) in [6.45, 7) is 0. The van der Waals surface area contributed by atoms with E-state index in [-0.39, 0.29) is 74.2 Å². The van der Waals surface area contributed by atoms with Gasteiger partial charge in [-0.25, -0.2) is 13.7 Å². The Morgan fingerprint density at radius 3 is 1.13 bits per heavy atom. The van der Waals surface area contributed by atoms with Crippen LogP contribution in [0.2, 0.25) is 0 Å². The van der Waals surface area contributed by atoms with Gasteiger partial charge in [-0.3, -0.25) is 0 Å². The first-order valence-corrected chi connectivity index (χ1v) is 6.83. The van der Waals surface area contributed by atoms with Crippen LogP contribution in [0.15, 0.2) is 0 Å². The zero-order valence-corrected chi connectivity index (χ0v) is 12.5. The molecule has 0 saturated carbocycles. The van der Waals surface area contributed by atoms with E-state index in [0.717, 1.165) is 0 Å². The van der Waals surface area contributed by atoms with E-state index in [2.05, 4.69) is 8.62 Å². The fourth-order valence-corrected chi connectivity index (χ4v) is 2.82. The molecule has 0 rings (SSSR count). The zero-order chi connectivity index (χ0) is 10.9. The Morgan fingerprint density at radius 1 is 0.800 bits per heavy atom. The topological polar surface area (TPSA) is 171 Å². The molecule has 0 aromatic rings. The quantitative estimate of drug-likeness (QED) is 0.230. The first-order valence-electron chi connectivity index (χ1n) is 2.28. The van der Waals surface area contributed by atoms with Crippen molar-refractivity contribution in [2.24, 2.45) is 0 Å². The van der Waals surface area contributed by atoms with Gasteiger partial charge in [-0.15, -0.1) is 0 Å². The van der Waals surface area contributed by atoms with Gasteiger partial charge in [0.25, 0.3) is 0 Å². The van der Waals surface area contributed by atoms with Crippen LogP contribution in [0.3, 0.4) is 0 Å². The monoisotopic (exact) mass is 466 g/mol. The van der Waals surface area contributed by atoms with E-state index in [4.69, 9.17) is 24.5 Å². The number of phosphoric acid groups is 3. The van der Waals surface area contributed by atoms with Gasteiger partial charge in [0, 0.05) is 0 Å². The molecule has 0 aliphatic rings. The third kappa shape index (κ3) is 16.8. The fraction of sp³-hybridized carbons (Fsp3) is 0. The SMILES string of the molecule is O=P(O)(O)OP(=O)(O)OP(=O)(O)O.[H-].[H-].[InH3].[Sr+2]. The Hall–Kier alpha value is 2.76. The van der Waals surface area contributed by atoms with E-state index in [9.17, 15) is 13.7 Å². The summed E-state index contributed by atoms with van der Waals surface area (Å²) < 4.78 is 36.4. The van der Waals surface area contributed by atoms with Crippen LogP contribution >= 0.6 is 23.5 Å². The van der Waals surface area contributed by atoms with E-state index in [0.29, 0.717) is 0 Å². The molecule has 0 bridgehead atoms. The summed E-state index contributed by atoms with van der Waals surface area (Å²) in [5, 5.41) is 0. The average molecular weight is 465 g/mol. The molecule has 15 heteroatoms. The van der Waals surface area contributed by atoms with Crippen molar-refractivity contribution in [3.05, 3.63) is 0 Å². The Balaban J connectivity index is -0.000000120. The summed E-state index contributed by atoms with van der Waals surface area (Å²) in [7, 11) is -16.2. The molecule has 90 valence electrons. The van der Waals surface area contributed by atoms with Crippen LogP contribution in [0.1, 0.15) is 2.85 Å². The Bertz CT molecular complexity index is 292. The van der Waals surface area contributed by atoms with E-state index in [1.807, 2.05) is 0 Å². The second-order valence-electron chi connectivity index (χ2n) is 1.61. The minimum Gasteiger partial charge on any atom is 2.00 e. The average Bonchev–Trinajstić information content (AvgIpc) is 1.43. The number of hydrogen-bond acceptors (Lipinski definition) is 5. The Morgan fingerprint density at radius 2 is 1.00 bits per heavy atom. The number of rotatable bonds is 4. The van der Waals surface area contributed by atoms with E-state index in [1.54, 1.807) is 0 Å². The first kappa shape index (κ1) is 22.9. The van der Waals surface area contributed by atoms with Crippen LogP contribution in [0.5, 0.6) is 0 Å². The predicted octanol–water partition coefficient (Wildman–Crippen LogP) is -2.03. The Kier molecular flexibility index (Phi) is 12.3. The molecule has 0 amide bonds. The van der Waals surface area contributed by atoms with Gasteiger partial charge in [0.1, 0.15) is 0 Å². The third-order valence-electron chi connectivity index (χ3n) is 0.419. The van der Waals surface area contributed by atoms with Crippen LogP contribution in [0, 0.1) is 0 Å². The Labute approximate surface area is 142 Å². The molecule has 0 aliphatic heterocycles. The summed E-state index contributed by atoms with van der Waals surface area (Å²) in [6.07, 6.45) is 0. The predicted molar refractivity (Wildman–Crippen MR) is 54.0 cm³/mol. The molecule has 0 fully saturated rings. The summed E-state index contributed by atoms with van der Waals surface area (Å²) in [5.41, 5.74) is 0. The standard InChI is InChI=1S/In.H5O10P3.Sr.5H/c;1-11(2,3)9-13(7,8)10-12(4,5)6;;;;;;/h;(H,7,8)(H2,1,2,3)(H2,4,5,6);;;;;;/q;;+2;;;;2*-1. The van der Waals surface area contributed by atoms with Crippen LogP contribution < -0.4 is 0 Å². The van der Waals surface area contributed by atoms with Gasteiger partial charge in [0.15, 0.2) is 0 Å². The van der Waals surface area contributed by atoms with Crippen LogP contribution in [0.4, 0.5) is 0 Å². The van der Waals surface area contributed by atoms with Crippen molar-refractivity contribution in [1.82, 2.24) is 0 Å². The summed E-state index contributed by atoms with van der Waals surface area (Å²) >= 11 is 0. The summed E-state index contributed by atoms with van der Waals surface area (Å²) in [4.78, 5) is 40.2. The molecule has 0 atom stereocenters. The molecule has 15 heavy (non-hydrogen) atoms. The maximum Gasteiger partial charge on any atom is 2.00 e. The molecule has 0 aromatic heterocycles. The van der Waals surface area contributed by atoms with Gasteiger partial charge in [-0.05, 0) is 0 Å². The molecule has 5 N–H and O–H groups in total. The van der Waals surface area contributed by atoms with Crippen molar-refractivity contribution < 1.29 is 49.6 Å². The smallest absolute Gasteiger partial charge is 2.00 e. The third-order valence-corrected chi connectivity index (χ3v) is 3.77. The van der Waals surface area contributed by atoms with Crippen molar-refractivity contribution in [2.45, 2.75) is 0 Å². The zero-order valence-electron chi connectivity index (χ0n) is 8.33. The molecule has 0 saturated heterocycles. The van der Waals surface area contributed by atoms with Crippen molar-refractivity contribution in [3.8, 4) is 0 Å². The van der Waals surface area contributed by atoms with Crippen LogP contribution in [-0.4, -0.2) is 95.8 Å². The molecule has 0 heterocycles. The maximum absolute atomic E-state index is 10.4. The minimum absolute atomic E-state index is 0. The molecule has 0 spiro atoms. The van der Waals surface area contributed by atoms with Gasteiger partial charge in [-0.1, -0.05) is 0 Å². The van der Waals surface area contributed by atoms with Crippen molar-refractivity contribution >= 4 is 94.8 Å². The normalized spacial score (nSPS) is 12.6. The number of hydrogen-bond donors (Lipinski definition) is 5. The summed E-state index contributed by atoms with van der Waals surface area (Å²) in [5.74, 6) is 0. The van der Waals surface area contributed by atoms with Crippen LogP contribution in [-0.2, 0) is 22.3 Å². The largest absolute Gasteiger partial charge is 2.00 e. The molecule has 0 aliphatic carbocycles. The van der Waals surface area contributed by atoms with Gasteiger partial charge in [0.2, 0.25) is 0 Å². The molecular weight excluding hydrogens is 455 g/mol.